The Morgan fingerprint density at radius 3 is 2.93 bits per heavy atom. The van der Waals surface area contributed by atoms with Gasteiger partial charge in [-0.3, -0.25) is 4.79 Å². The van der Waals surface area contributed by atoms with Crippen molar-refractivity contribution in [2.45, 2.75) is 25.5 Å². The lowest BCUT2D eigenvalue weighted by Gasteiger charge is -2.05. The van der Waals surface area contributed by atoms with Crippen LogP contribution in [-0.2, 0) is 5.75 Å². The average molecular weight is 224 g/mol. The standard InChI is InChI=1S/C12H16O2S/c1-2-3-7-15-9-11-6-4-5-10(8-13)12(11)14/h4-6,8,14H,2-3,7,9H2,1H3. The molecule has 0 bridgehead atoms. The Bertz CT molecular complexity index is 323. The summed E-state index contributed by atoms with van der Waals surface area (Å²) in [6, 6.07) is 5.29. The van der Waals surface area contributed by atoms with Gasteiger partial charge in [-0.15, -0.1) is 0 Å². The van der Waals surface area contributed by atoms with E-state index in [9.17, 15) is 9.90 Å². The van der Waals surface area contributed by atoms with Gasteiger partial charge in [0.05, 0.1) is 5.56 Å². The first-order valence-electron chi connectivity index (χ1n) is 5.13. The van der Waals surface area contributed by atoms with E-state index < -0.39 is 0 Å². The van der Waals surface area contributed by atoms with Crippen LogP contribution in [0.15, 0.2) is 18.2 Å². The van der Waals surface area contributed by atoms with Gasteiger partial charge in [-0.2, -0.15) is 11.8 Å². The summed E-state index contributed by atoms with van der Waals surface area (Å²) in [6.45, 7) is 2.16. The summed E-state index contributed by atoms with van der Waals surface area (Å²) in [5.74, 6) is 2.01. The SMILES string of the molecule is CCCCSCc1cccc(C=O)c1O. The highest BCUT2D eigenvalue weighted by atomic mass is 32.2. The molecule has 2 nitrogen and oxygen atoms in total. The highest BCUT2D eigenvalue weighted by Crippen LogP contribution is 2.25. The normalized spacial score (nSPS) is 10.2. The third-order valence-corrected chi connectivity index (χ3v) is 3.27. The monoisotopic (exact) mass is 224 g/mol. The van der Waals surface area contributed by atoms with Gasteiger partial charge in [0.15, 0.2) is 6.29 Å². The van der Waals surface area contributed by atoms with Crippen molar-refractivity contribution in [2.75, 3.05) is 5.75 Å². The second-order valence-electron chi connectivity index (χ2n) is 3.38. The van der Waals surface area contributed by atoms with Gasteiger partial charge in [-0.25, -0.2) is 0 Å². The summed E-state index contributed by atoms with van der Waals surface area (Å²) in [7, 11) is 0. The average Bonchev–Trinajstić information content (AvgIpc) is 2.26. The lowest BCUT2D eigenvalue weighted by atomic mass is 10.1. The smallest absolute Gasteiger partial charge is 0.153 e. The third-order valence-electron chi connectivity index (χ3n) is 2.18. The van der Waals surface area contributed by atoms with Gasteiger partial charge in [0.2, 0.25) is 0 Å². The number of para-hydroxylation sites is 1. The minimum atomic E-state index is 0.136. The first kappa shape index (κ1) is 12.1. The molecule has 0 atom stereocenters. The second kappa shape index (κ2) is 6.51. The van der Waals surface area contributed by atoms with Gasteiger partial charge in [-0.05, 0) is 18.2 Å². The Hall–Kier alpha value is -0.960. The van der Waals surface area contributed by atoms with Crippen molar-refractivity contribution in [3.8, 4) is 5.75 Å². The topological polar surface area (TPSA) is 37.3 Å². The molecule has 0 aromatic heterocycles. The van der Waals surface area contributed by atoms with Gasteiger partial charge < -0.3 is 5.11 Å². The molecule has 0 fully saturated rings. The Morgan fingerprint density at radius 1 is 1.47 bits per heavy atom. The number of benzene rings is 1. The molecule has 82 valence electrons. The summed E-state index contributed by atoms with van der Waals surface area (Å²) in [4.78, 5) is 10.6. The van der Waals surface area contributed by atoms with Crippen LogP contribution < -0.4 is 0 Å². The minimum absolute atomic E-state index is 0.136. The minimum Gasteiger partial charge on any atom is -0.507 e. The van der Waals surface area contributed by atoms with E-state index in [0.717, 1.165) is 17.1 Å². The number of rotatable bonds is 6. The molecule has 0 aliphatic carbocycles. The summed E-state index contributed by atoms with van der Waals surface area (Å²) >= 11 is 1.79. The Morgan fingerprint density at radius 2 is 2.27 bits per heavy atom. The fourth-order valence-corrected chi connectivity index (χ4v) is 2.34. The second-order valence-corrected chi connectivity index (χ2v) is 4.48. The Balaban J connectivity index is 2.57. The van der Waals surface area contributed by atoms with Crippen LogP contribution in [0.1, 0.15) is 35.7 Å². The van der Waals surface area contributed by atoms with E-state index in [0.29, 0.717) is 11.8 Å². The molecule has 1 aromatic rings. The lowest BCUT2D eigenvalue weighted by molar-refractivity contribution is 0.112. The van der Waals surface area contributed by atoms with Crippen molar-refractivity contribution in [3.63, 3.8) is 0 Å². The molecule has 3 heteroatoms. The van der Waals surface area contributed by atoms with Crippen LogP contribution in [0.5, 0.6) is 5.75 Å². The molecule has 1 aromatic carbocycles. The van der Waals surface area contributed by atoms with Crippen LogP contribution in [0.2, 0.25) is 0 Å². The molecule has 0 spiro atoms. The van der Waals surface area contributed by atoms with E-state index in [1.807, 2.05) is 6.07 Å². The van der Waals surface area contributed by atoms with Crippen molar-refractivity contribution >= 4 is 18.0 Å². The van der Waals surface area contributed by atoms with Crippen LogP contribution >= 0.6 is 11.8 Å². The van der Waals surface area contributed by atoms with Gasteiger partial charge in [0.25, 0.3) is 0 Å². The van der Waals surface area contributed by atoms with E-state index >= 15 is 0 Å². The van der Waals surface area contributed by atoms with E-state index in [-0.39, 0.29) is 5.75 Å². The van der Waals surface area contributed by atoms with E-state index in [4.69, 9.17) is 0 Å². The molecular formula is C12H16O2S. The lowest BCUT2D eigenvalue weighted by Crippen LogP contribution is -1.88. The molecular weight excluding hydrogens is 208 g/mol. The molecule has 0 aliphatic heterocycles. The van der Waals surface area contributed by atoms with Crippen LogP contribution in [0, 0.1) is 0 Å². The van der Waals surface area contributed by atoms with Crippen molar-refractivity contribution in [2.24, 2.45) is 0 Å². The molecule has 1 N–H and O–H groups in total. The summed E-state index contributed by atoms with van der Waals surface area (Å²) in [5.41, 5.74) is 1.23. The maximum Gasteiger partial charge on any atom is 0.153 e. The molecule has 0 aliphatic rings. The number of aromatic hydroxyl groups is 1. The zero-order valence-corrected chi connectivity index (χ0v) is 9.72. The van der Waals surface area contributed by atoms with Crippen molar-refractivity contribution in [1.82, 2.24) is 0 Å². The molecule has 0 saturated heterocycles. The van der Waals surface area contributed by atoms with E-state index in [1.54, 1.807) is 23.9 Å². The van der Waals surface area contributed by atoms with Crippen LogP contribution in [0.25, 0.3) is 0 Å². The van der Waals surface area contributed by atoms with Crippen LogP contribution in [-0.4, -0.2) is 17.1 Å². The largest absolute Gasteiger partial charge is 0.507 e. The molecule has 0 amide bonds. The number of unbranched alkanes of at least 4 members (excludes halogenated alkanes) is 1. The molecule has 0 unspecified atom stereocenters. The predicted molar refractivity (Wildman–Crippen MR) is 64.6 cm³/mol. The molecule has 0 heterocycles. The van der Waals surface area contributed by atoms with Gasteiger partial charge in [0.1, 0.15) is 5.75 Å². The van der Waals surface area contributed by atoms with Crippen molar-refractivity contribution < 1.29 is 9.90 Å². The maximum absolute atomic E-state index is 10.6. The van der Waals surface area contributed by atoms with Crippen LogP contribution in [0.4, 0.5) is 0 Å². The van der Waals surface area contributed by atoms with E-state index in [1.165, 1.54) is 12.8 Å². The predicted octanol–water partition coefficient (Wildman–Crippen LogP) is 3.24. The molecule has 0 saturated carbocycles. The zero-order valence-electron chi connectivity index (χ0n) is 8.90. The van der Waals surface area contributed by atoms with Crippen molar-refractivity contribution in [3.05, 3.63) is 29.3 Å². The number of thioether (sulfide) groups is 1. The number of phenolic OH excluding ortho intramolecular Hbond substituents is 1. The zero-order chi connectivity index (χ0) is 11.1. The number of phenols is 1. The number of hydrogen-bond acceptors (Lipinski definition) is 3. The van der Waals surface area contributed by atoms with Crippen molar-refractivity contribution in [1.29, 1.82) is 0 Å². The fourth-order valence-electron chi connectivity index (χ4n) is 1.25. The number of carbonyl (C=O) groups excluding carboxylic acids is 1. The highest BCUT2D eigenvalue weighted by molar-refractivity contribution is 7.98. The van der Waals surface area contributed by atoms with Gasteiger partial charge in [-0.1, -0.05) is 25.5 Å². The summed E-state index contributed by atoms with van der Waals surface area (Å²) < 4.78 is 0. The Kier molecular flexibility index (Phi) is 5.26. The number of carbonyl (C=O) groups is 1. The summed E-state index contributed by atoms with van der Waals surface area (Å²) in [6.07, 6.45) is 3.07. The summed E-state index contributed by atoms with van der Waals surface area (Å²) in [5, 5.41) is 9.70. The van der Waals surface area contributed by atoms with Gasteiger partial charge in [0, 0.05) is 11.3 Å². The molecule has 15 heavy (non-hydrogen) atoms. The fraction of sp³-hybridized carbons (Fsp3) is 0.417. The number of aldehydes is 1. The maximum atomic E-state index is 10.6. The Labute approximate surface area is 94.7 Å². The first-order chi connectivity index (χ1) is 7.29. The first-order valence-corrected chi connectivity index (χ1v) is 6.28. The van der Waals surface area contributed by atoms with Gasteiger partial charge >= 0.3 is 0 Å². The molecule has 0 radical (unpaired) electrons. The van der Waals surface area contributed by atoms with E-state index in [2.05, 4.69) is 6.92 Å². The molecule has 1 rings (SSSR count). The third kappa shape index (κ3) is 3.59. The van der Waals surface area contributed by atoms with Crippen LogP contribution in [0.3, 0.4) is 0 Å². The number of hydrogen-bond donors (Lipinski definition) is 1. The highest BCUT2D eigenvalue weighted by Gasteiger charge is 2.05. The quantitative estimate of drug-likeness (QED) is 0.595.